The first-order chi connectivity index (χ1) is 17.7. The van der Waals surface area contributed by atoms with Gasteiger partial charge in [-0.25, -0.2) is 0 Å². The molecule has 2 aliphatic rings. The van der Waals surface area contributed by atoms with Crippen molar-refractivity contribution >= 4 is 0 Å². The van der Waals surface area contributed by atoms with Gasteiger partial charge in [0.2, 0.25) is 0 Å². The van der Waals surface area contributed by atoms with Crippen LogP contribution in [0.1, 0.15) is 119 Å². The highest BCUT2D eigenvalue weighted by Crippen LogP contribution is 2.38. The van der Waals surface area contributed by atoms with Crippen LogP contribution in [0.4, 0.5) is 0 Å². The lowest BCUT2D eigenvalue weighted by atomic mass is 9.77. The van der Waals surface area contributed by atoms with Crippen LogP contribution in [-0.2, 0) is 0 Å². The van der Waals surface area contributed by atoms with Crippen LogP contribution < -0.4 is 4.74 Å². The van der Waals surface area contributed by atoms with Gasteiger partial charge in [0, 0.05) is 5.56 Å². The van der Waals surface area contributed by atoms with Crippen LogP contribution >= 0.6 is 0 Å². The van der Waals surface area contributed by atoms with Gasteiger partial charge >= 0.3 is 0 Å². The average Bonchev–Trinajstić information content (AvgIpc) is 2.94. The summed E-state index contributed by atoms with van der Waals surface area (Å²) < 4.78 is 5.73. The maximum absolute atomic E-state index is 5.73. The molecule has 192 valence electrons. The van der Waals surface area contributed by atoms with Gasteiger partial charge in [-0.2, -0.15) is 0 Å². The lowest BCUT2D eigenvalue weighted by Crippen LogP contribution is -2.13. The van der Waals surface area contributed by atoms with Gasteiger partial charge in [-0.15, -0.1) is 0 Å². The molecule has 2 aromatic rings. The van der Waals surface area contributed by atoms with Crippen molar-refractivity contribution in [3.8, 4) is 17.6 Å². The largest absolute Gasteiger partial charge is 0.494 e. The Balaban J connectivity index is 1.19. The van der Waals surface area contributed by atoms with Crippen molar-refractivity contribution in [2.45, 2.75) is 103 Å². The Hall–Kier alpha value is -2.46. The molecule has 4 rings (SSSR count). The van der Waals surface area contributed by atoms with E-state index in [1.165, 1.54) is 81.8 Å². The lowest BCUT2D eigenvalue weighted by molar-refractivity contribution is 0.304. The van der Waals surface area contributed by atoms with Gasteiger partial charge in [0.15, 0.2) is 0 Å². The first-order valence-corrected chi connectivity index (χ1v) is 14.8. The summed E-state index contributed by atoms with van der Waals surface area (Å²) in [5.74, 6) is 10.7. The molecule has 1 heteroatoms. The standard InChI is InChI=1S/C35H46O/c1-3-5-8-28-11-17-31(18-12-28)32-19-13-29(14-20-32)9-6-7-10-30-15-21-33(22-16-30)34-23-25-35(26-24-34)36-27-4-2/h7,10,13-14,19-20,23-26,28,30-31,33H,3-5,8,11-12,15-18,21-22,27H2,1-2H3. The summed E-state index contributed by atoms with van der Waals surface area (Å²) in [6, 6.07) is 17.9. The third kappa shape index (κ3) is 8.03. The Morgan fingerprint density at radius 2 is 1.36 bits per heavy atom. The highest BCUT2D eigenvalue weighted by molar-refractivity contribution is 5.39. The molecule has 0 amide bonds. The molecule has 0 saturated heterocycles. The fourth-order valence-electron chi connectivity index (χ4n) is 6.13. The molecule has 0 unspecified atom stereocenters. The van der Waals surface area contributed by atoms with Crippen LogP contribution in [0.5, 0.6) is 5.75 Å². The van der Waals surface area contributed by atoms with Gasteiger partial charge in [-0.3, -0.25) is 0 Å². The lowest BCUT2D eigenvalue weighted by Gasteiger charge is -2.28. The maximum atomic E-state index is 5.73. The second-order valence-corrected chi connectivity index (χ2v) is 11.1. The number of unbranched alkanes of at least 4 members (excludes halogenated alkanes) is 1. The van der Waals surface area contributed by atoms with Crippen molar-refractivity contribution in [2.75, 3.05) is 6.61 Å². The van der Waals surface area contributed by atoms with E-state index in [2.05, 4.69) is 86.4 Å². The zero-order valence-corrected chi connectivity index (χ0v) is 22.7. The number of rotatable bonds is 9. The third-order valence-corrected chi connectivity index (χ3v) is 8.46. The first-order valence-electron chi connectivity index (χ1n) is 14.8. The molecule has 36 heavy (non-hydrogen) atoms. The van der Waals surface area contributed by atoms with Crippen molar-refractivity contribution in [1.29, 1.82) is 0 Å². The van der Waals surface area contributed by atoms with Gasteiger partial charge in [0.05, 0.1) is 6.61 Å². The molecule has 2 aromatic carbocycles. The van der Waals surface area contributed by atoms with E-state index in [1.807, 2.05) is 0 Å². The molecule has 2 fully saturated rings. The molecule has 2 aliphatic carbocycles. The molecular weight excluding hydrogens is 436 g/mol. The van der Waals surface area contributed by atoms with Gasteiger partial charge in [0.25, 0.3) is 0 Å². The van der Waals surface area contributed by atoms with Crippen LogP contribution in [0, 0.1) is 23.7 Å². The minimum absolute atomic E-state index is 0.664. The van der Waals surface area contributed by atoms with Crippen molar-refractivity contribution < 1.29 is 4.74 Å². The summed E-state index contributed by atoms with van der Waals surface area (Å²) in [6.07, 6.45) is 20.3. The Labute approximate surface area is 220 Å². The monoisotopic (exact) mass is 482 g/mol. The predicted molar refractivity (Wildman–Crippen MR) is 154 cm³/mol. The first kappa shape index (κ1) is 26.6. The number of benzene rings is 2. The van der Waals surface area contributed by atoms with Gasteiger partial charge < -0.3 is 4.74 Å². The Kier molecular flexibility index (Phi) is 10.6. The van der Waals surface area contributed by atoms with E-state index in [4.69, 9.17) is 4.74 Å². The molecule has 0 bridgehead atoms. The summed E-state index contributed by atoms with van der Waals surface area (Å²) in [5.41, 5.74) is 4.12. The van der Waals surface area contributed by atoms with Crippen LogP contribution in [0.2, 0.25) is 0 Å². The normalized spacial score (nSPS) is 24.3. The van der Waals surface area contributed by atoms with E-state index < -0.39 is 0 Å². The number of hydrogen-bond acceptors (Lipinski definition) is 1. The molecule has 2 saturated carbocycles. The van der Waals surface area contributed by atoms with Gasteiger partial charge in [-0.1, -0.05) is 75.3 Å². The number of allylic oxidation sites excluding steroid dienone is 2. The quantitative estimate of drug-likeness (QED) is 0.323. The Morgan fingerprint density at radius 1 is 0.750 bits per heavy atom. The fourth-order valence-corrected chi connectivity index (χ4v) is 6.13. The third-order valence-electron chi connectivity index (χ3n) is 8.46. The molecule has 0 aromatic heterocycles. The summed E-state index contributed by atoms with van der Waals surface area (Å²) in [5, 5.41) is 0. The Bertz CT molecular complexity index is 972. The average molecular weight is 483 g/mol. The molecule has 1 nitrogen and oxygen atoms in total. The van der Waals surface area contributed by atoms with E-state index in [-0.39, 0.29) is 0 Å². The fraction of sp³-hybridized carbons (Fsp3) is 0.543. The van der Waals surface area contributed by atoms with Crippen LogP contribution in [0.25, 0.3) is 0 Å². The minimum Gasteiger partial charge on any atom is -0.494 e. The second-order valence-electron chi connectivity index (χ2n) is 11.1. The molecule has 0 aliphatic heterocycles. The SMILES string of the molecule is CCCCC1CCC(c2ccc(C#CC=CC3CCC(c4ccc(OCCC)cc4)CC3)cc2)CC1. The van der Waals surface area contributed by atoms with E-state index in [1.54, 1.807) is 0 Å². The smallest absolute Gasteiger partial charge is 0.119 e. The molecule has 0 N–H and O–H groups in total. The van der Waals surface area contributed by atoms with Gasteiger partial charge in [0.1, 0.15) is 5.75 Å². The van der Waals surface area contributed by atoms with Crippen molar-refractivity contribution in [3.63, 3.8) is 0 Å². The summed E-state index contributed by atoms with van der Waals surface area (Å²) in [7, 11) is 0. The number of hydrogen-bond donors (Lipinski definition) is 0. The Morgan fingerprint density at radius 3 is 1.97 bits per heavy atom. The molecule has 0 atom stereocenters. The summed E-state index contributed by atoms with van der Waals surface area (Å²) in [6.45, 7) is 5.25. The van der Waals surface area contributed by atoms with E-state index in [9.17, 15) is 0 Å². The molecule has 0 radical (unpaired) electrons. The predicted octanol–water partition coefficient (Wildman–Crippen LogP) is 9.82. The molecular formula is C35H46O. The van der Waals surface area contributed by atoms with E-state index in [0.29, 0.717) is 11.8 Å². The molecule has 0 spiro atoms. The van der Waals surface area contributed by atoms with Crippen molar-refractivity contribution in [1.82, 2.24) is 0 Å². The van der Waals surface area contributed by atoms with Crippen LogP contribution in [0.3, 0.4) is 0 Å². The highest BCUT2D eigenvalue weighted by Gasteiger charge is 2.22. The van der Waals surface area contributed by atoms with E-state index in [0.717, 1.165) is 36.2 Å². The van der Waals surface area contributed by atoms with Crippen LogP contribution in [0.15, 0.2) is 60.7 Å². The highest BCUT2D eigenvalue weighted by atomic mass is 16.5. The van der Waals surface area contributed by atoms with Crippen molar-refractivity contribution in [2.24, 2.45) is 11.8 Å². The van der Waals surface area contributed by atoms with Gasteiger partial charge in [-0.05, 0) is 123 Å². The molecule has 0 heterocycles. The summed E-state index contributed by atoms with van der Waals surface area (Å²) >= 11 is 0. The second kappa shape index (κ2) is 14.3. The van der Waals surface area contributed by atoms with Crippen LogP contribution in [-0.4, -0.2) is 6.61 Å². The number of ether oxygens (including phenoxy) is 1. The van der Waals surface area contributed by atoms with Crippen molar-refractivity contribution in [3.05, 3.63) is 77.4 Å². The zero-order valence-electron chi connectivity index (χ0n) is 22.7. The van der Waals surface area contributed by atoms with E-state index >= 15 is 0 Å². The maximum Gasteiger partial charge on any atom is 0.119 e. The zero-order chi connectivity index (χ0) is 25.0. The minimum atomic E-state index is 0.664. The summed E-state index contributed by atoms with van der Waals surface area (Å²) in [4.78, 5) is 0. The topological polar surface area (TPSA) is 9.23 Å².